The van der Waals surface area contributed by atoms with Crippen LogP contribution < -0.4 is 4.90 Å². The van der Waals surface area contributed by atoms with Gasteiger partial charge in [0.05, 0.1) is 0 Å². The molecule has 1 aliphatic heterocycles. The van der Waals surface area contributed by atoms with E-state index in [1.807, 2.05) is 17.0 Å². The fourth-order valence-electron chi connectivity index (χ4n) is 2.25. The van der Waals surface area contributed by atoms with Gasteiger partial charge in [0.1, 0.15) is 0 Å². The van der Waals surface area contributed by atoms with Crippen molar-refractivity contribution >= 4 is 27.5 Å². The Balaban J connectivity index is 2.06. The monoisotopic (exact) mass is 296 g/mol. The van der Waals surface area contributed by atoms with Crippen molar-refractivity contribution in [3.8, 4) is 0 Å². The maximum atomic E-state index is 11.3. The molecule has 0 saturated carbocycles. The van der Waals surface area contributed by atoms with Crippen molar-refractivity contribution in [2.24, 2.45) is 0 Å². The van der Waals surface area contributed by atoms with Crippen molar-refractivity contribution in [1.29, 1.82) is 0 Å². The first-order chi connectivity index (χ1) is 8.08. The Morgan fingerprint density at radius 3 is 2.88 bits per heavy atom. The molecule has 0 spiro atoms. The Morgan fingerprint density at radius 1 is 1.53 bits per heavy atom. The van der Waals surface area contributed by atoms with Crippen molar-refractivity contribution < 1.29 is 4.79 Å². The van der Waals surface area contributed by atoms with Gasteiger partial charge in [-0.05, 0) is 24.6 Å². The van der Waals surface area contributed by atoms with Crippen molar-refractivity contribution in [2.75, 3.05) is 25.0 Å². The highest BCUT2D eigenvalue weighted by atomic mass is 79.9. The summed E-state index contributed by atoms with van der Waals surface area (Å²) in [4.78, 5) is 15.5. The summed E-state index contributed by atoms with van der Waals surface area (Å²) in [5.41, 5.74) is 1.19. The largest absolute Gasteiger partial charge is 0.370 e. The molecule has 4 heteroatoms. The number of anilines is 1. The summed E-state index contributed by atoms with van der Waals surface area (Å²) in [6, 6.07) is 8.69. The number of hydrogen-bond acceptors (Lipinski definition) is 2. The molecule has 1 fully saturated rings. The second-order valence-corrected chi connectivity index (χ2v) is 5.41. The molecule has 1 atom stereocenters. The Morgan fingerprint density at radius 2 is 2.29 bits per heavy atom. The van der Waals surface area contributed by atoms with Crippen molar-refractivity contribution in [3.05, 3.63) is 28.7 Å². The molecular formula is C13H17BrN2O. The van der Waals surface area contributed by atoms with E-state index < -0.39 is 0 Å². The van der Waals surface area contributed by atoms with Gasteiger partial charge in [0.15, 0.2) is 0 Å². The van der Waals surface area contributed by atoms with Gasteiger partial charge in [-0.1, -0.05) is 22.0 Å². The van der Waals surface area contributed by atoms with Crippen LogP contribution in [0.5, 0.6) is 0 Å². The van der Waals surface area contributed by atoms with E-state index >= 15 is 0 Å². The predicted molar refractivity (Wildman–Crippen MR) is 73.2 cm³/mol. The summed E-state index contributed by atoms with van der Waals surface area (Å²) >= 11 is 3.48. The highest BCUT2D eigenvalue weighted by Gasteiger charge is 2.27. The van der Waals surface area contributed by atoms with Crippen molar-refractivity contribution in [3.63, 3.8) is 0 Å². The SMILES string of the molecule is CC(=O)N1CC[C@@H](N(C)c2cccc(Br)c2)C1. The zero-order valence-corrected chi connectivity index (χ0v) is 11.8. The Labute approximate surface area is 111 Å². The number of likely N-dealkylation sites (tertiary alicyclic amines) is 1. The van der Waals surface area contributed by atoms with Gasteiger partial charge in [-0.2, -0.15) is 0 Å². The Bertz CT molecular complexity index is 422. The average molecular weight is 297 g/mol. The van der Waals surface area contributed by atoms with E-state index in [0.717, 1.165) is 24.0 Å². The second-order valence-electron chi connectivity index (χ2n) is 4.50. The van der Waals surface area contributed by atoms with Gasteiger partial charge in [0.25, 0.3) is 0 Å². The number of benzene rings is 1. The quantitative estimate of drug-likeness (QED) is 0.837. The molecule has 0 N–H and O–H groups in total. The van der Waals surface area contributed by atoms with E-state index in [-0.39, 0.29) is 5.91 Å². The molecular weight excluding hydrogens is 280 g/mol. The molecule has 1 aliphatic rings. The highest BCUT2D eigenvalue weighted by molar-refractivity contribution is 9.10. The molecule has 0 radical (unpaired) electrons. The third-order valence-electron chi connectivity index (χ3n) is 3.37. The van der Waals surface area contributed by atoms with E-state index in [4.69, 9.17) is 0 Å². The van der Waals surface area contributed by atoms with Gasteiger partial charge < -0.3 is 9.80 Å². The van der Waals surface area contributed by atoms with Crippen LogP contribution in [0, 0.1) is 0 Å². The summed E-state index contributed by atoms with van der Waals surface area (Å²) in [6.45, 7) is 3.35. The summed E-state index contributed by atoms with van der Waals surface area (Å²) < 4.78 is 1.09. The normalized spacial score (nSPS) is 19.5. The minimum absolute atomic E-state index is 0.176. The summed E-state index contributed by atoms with van der Waals surface area (Å²) in [6.07, 6.45) is 1.04. The molecule has 2 rings (SSSR count). The molecule has 92 valence electrons. The molecule has 1 aromatic rings. The third-order valence-corrected chi connectivity index (χ3v) is 3.87. The molecule has 3 nitrogen and oxygen atoms in total. The molecule has 0 aromatic heterocycles. The van der Waals surface area contributed by atoms with Crippen molar-refractivity contribution in [1.82, 2.24) is 4.90 Å². The number of halogens is 1. The van der Waals surface area contributed by atoms with Crippen LogP contribution in [0.2, 0.25) is 0 Å². The number of nitrogens with zero attached hydrogens (tertiary/aromatic N) is 2. The van der Waals surface area contributed by atoms with Gasteiger partial charge in [0.2, 0.25) is 5.91 Å². The molecule has 1 saturated heterocycles. The van der Waals surface area contributed by atoms with Crippen LogP contribution in [0.25, 0.3) is 0 Å². The van der Waals surface area contributed by atoms with Gasteiger partial charge >= 0.3 is 0 Å². The lowest BCUT2D eigenvalue weighted by molar-refractivity contribution is -0.127. The smallest absolute Gasteiger partial charge is 0.219 e. The number of likely N-dealkylation sites (N-methyl/N-ethyl adjacent to an activating group) is 1. The van der Waals surface area contributed by atoms with Gasteiger partial charge in [0, 0.05) is 43.3 Å². The first-order valence-electron chi connectivity index (χ1n) is 5.82. The number of rotatable bonds is 2. The fourth-order valence-corrected chi connectivity index (χ4v) is 2.64. The fraction of sp³-hybridized carbons (Fsp3) is 0.462. The van der Waals surface area contributed by atoms with Crippen LogP contribution in [0.4, 0.5) is 5.69 Å². The first kappa shape index (κ1) is 12.4. The molecule has 1 heterocycles. The number of carbonyl (C=O) groups is 1. The summed E-state index contributed by atoms with van der Waals surface area (Å²) in [5.74, 6) is 0.176. The maximum absolute atomic E-state index is 11.3. The predicted octanol–water partition coefficient (Wildman–Crippen LogP) is 2.51. The van der Waals surface area contributed by atoms with Crippen molar-refractivity contribution in [2.45, 2.75) is 19.4 Å². The van der Waals surface area contributed by atoms with Crippen LogP contribution in [0.1, 0.15) is 13.3 Å². The first-order valence-corrected chi connectivity index (χ1v) is 6.61. The minimum Gasteiger partial charge on any atom is -0.370 e. The molecule has 0 unspecified atom stereocenters. The lowest BCUT2D eigenvalue weighted by Crippen LogP contribution is -2.35. The lowest BCUT2D eigenvalue weighted by Gasteiger charge is -2.26. The standard InChI is InChI=1S/C13H17BrN2O/c1-10(17)16-7-6-13(9-16)15(2)12-5-3-4-11(14)8-12/h3-5,8,13H,6-7,9H2,1-2H3/t13-/m1/s1. The zero-order valence-electron chi connectivity index (χ0n) is 10.2. The van der Waals surface area contributed by atoms with Crippen LogP contribution in [0.3, 0.4) is 0 Å². The van der Waals surface area contributed by atoms with E-state index in [0.29, 0.717) is 6.04 Å². The third kappa shape index (κ3) is 2.80. The number of amides is 1. The molecule has 1 amide bonds. The van der Waals surface area contributed by atoms with Gasteiger partial charge in [-0.25, -0.2) is 0 Å². The van der Waals surface area contributed by atoms with Gasteiger partial charge in [-0.3, -0.25) is 4.79 Å². The average Bonchev–Trinajstić information content (AvgIpc) is 2.77. The molecule has 1 aromatic carbocycles. The second kappa shape index (κ2) is 5.08. The van der Waals surface area contributed by atoms with E-state index in [2.05, 4.69) is 40.0 Å². The van der Waals surface area contributed by atoms with Crippen LogP contribution in [-0.2, 0) is 4.79 Å². The van der Waals surface area contributed by atoms with E-state index in [1.54, 1.807) is 6.92 Å². The molecule has 0 bridgehead atoms. The van der Waals surface area contributed by atoms with Gasteiger partial charge in [-0.15, -0.1) is 0 Å². The van der Waals surface area contributed by atoms with Crippen LogP contribution >= 0.6 is 15.9 Å². The van der Waals surface area contributed by atoms with E-state index in [9.17, 15) is 4.79 Å². The highest BCUT2D eigenvalue weighted by Crippen LogP contribution is 2.24. The van der Waals surface area contributed by atoms with Crippen LogP contribution in [0.15, 0.2) is 28.7 Å². The Kier molecular flexibility index (Phi) is 3.72. The maximum Gasteiger partial charge on any atom is 0.219 e. The number of hydrogen-bond donors (Lipinski definition) is 0. The topological polar surface area (TPSA) is 23.6 Å². The number of carbonyl (C=O) groups excluding carboxylic acids is 1. The lowest BCUT2D eigenvalue weighted by atomic mass is 10.2. The van der Waals surface area contributed by atoms with E-state index in [1.165, 1.54) is 5.69 Å². The zero-order chi connectivity index (χ0) is 12.4. The molecule has 0 aliphatic carbocycles. The minimum atomic E-state index is 0.176. The summed E-state index contributed by atoms with van der Waals surface area (Å²) in [5, 5.41) is 0. The Hall–Kier alpha value is -1.03. The molecule has 17 heavy (non-hydrogen) atoms. The summed E-state index contributed by atoms with van der Waals surface area (Å²) in [7, 11) is 2.09. The van der Waals surface area contributed by atoms with Crippen LogP contribution in [-0.4, -0.2) is 37.0 Å².